The highest BCUT2D eigenvalue weighted by Crippen LogP contribution is 2.33. The Morgan fingerprint density at radius 1 is 1.18 bits per heavy atom. The molecule has 4 rings (SSSR count). The van der Waals surface area contributed by atoms with Gasteiger partial charge in [0.1, 0.15) is 11.9 Å². The van der Waals surface area contributed by atoms with Crippen molar-refractivity contribution in [3.8, 4) is 0 Å². The van der Waals surface area contributed by atoms with Gasteiger partial charge in [0.15, 0.2) is 0 Å². The molecule has 0 radical (unpaired) electrons. The number of likely N-dealkylation sites (N-methyl/N-ethyl adjacent to an activating group) is 1. The lowest BCUT2D eigenvalue weighted by Gasteiger charge is -2.45. The largest absolute Gasteiger partial charge is 0.384 e. The van der Waals surface area contributed by atoms with E-state index in [4.69, 9.17) is 5.73 Å². The maximum atomic E-state index is 13.7. The molecular weight excluding hydrogens is 484 g/mol. The highest BCUT2D eigenvalue weighted by atomic mass is 16.2. The summed E-state index contributed by atoms with van der Waals surface area (Å²) in [6, 6.07) is 5.35. The van der Waals surface area contributed by atoms with Gasteiger partial charge in [-0.05, 0) is 56.0 Å². The second-order valence-corrected chi connectivity index (χ2v) is 9.76. The van der Waals surface area contributed by atoms with Gasteiger partial charge < -0.3 is 15.6 Å². The van der Waals surface area contributed by atoms with E-state index in [1.165, 1.54) is 4.90 Å². The number of hydrogen-bond donors (Lipinski definition) is 2. The number of pyridine rings is 2. The number of nitrogens with one attached hydrogen (secondary N) is 1. The molecule has 0 aromatic carbocycles. The Morgan fingerprint density at radius 3 is 2.55 bits per heavy atom. The van der Waals surface area contributed by atoms with Crippen LogP contribution in [0.15, 0.2) is 42.9 Å². The van der Waals surface area contributed by atoms with Crippen LogP contribution >= 0.6 is 0 Å². The molecule has 1 aliphatic rings. The minimum Gasteiger partial charge on any atom is -0.384 e. The van der Waals surface area contributed by atoms with E-state index in [0.717, 1.165) is 28.1 Å². The fourth-order valence-corrected chi connectivity index (χ4v) is 4.89. The number of carbonyl (C=O) groups excluding carboxylic acids is 3. The topological polar surface area (TPSA) is 139 Å². The van der Waals surface area contributed by atoms with Crippen LogP contribution in [0.1, 0.15) is 48.3 Å². The molecule has 4 amide bonds. The van der Waals surface area contributed by atoms with Gasteiger partial charge in [-0.3, -0.25) is 24.4 Å². The Balaban J connectivity index is 1.62. The molecule has 3 aromatic heterocycles. The van der Waals surface area contributed by atoms with Crippen molar-refractivity contribution in [3.63, 3.8) is 0 Å². The number of carbonyl (C=O) groups is 3. The quantitative estimate of drug-likeness (QED) is 0.437. The third-order valence-corrected chi connectivity index (χ3v) is 6.81. The minimum absolute atomic E-state index is 0.251. The number of β-lactam (4-membered cyclic amide) rings is 1. The van der Waals surface area contributed by atoms with Crippen LogP contribution in [0.5, 0.6) is 0 Å². The van der Waals surface area contributed by atoms with Gasteiger partial charge in [0.05, 0.1) is 12.0 Å². The number of aryl methyl sites for hydroxylation is 3. The van der Waals surface area contributed by atoms with Crippen LogP contribution in [-0.4, -0.2) is 55.4 Å². The molecule has 11 nitrogen and oxygen atoms in total. The molecule has 200 valence electrons. The van der Waals surface area contributed by atoms with Crippen LogP contribution in [0.4, 0.5) is 16.6 Å². The predicted octanol–water partition coefficient (Wildman–Crippen LogP) is 2.69. The van der Waals surface area contributed by atoms with Gasteiger partial charge in [-0.2, -0.15) is 0 Å². The van der Waals surface area contributed by atoms with E-state index in [-0.39, 0.29) is 12.5 Å². The predicted molar refractivity (Wildman–Crippen MR) is 143 cm³/mol. The maximum Gasteiger partial charge on any atom is 0.325 e. The van der Waals surface area contributed by atoms with Crippen molar-refractivity contribution in [2.75, 3.05) is 17.7 Å². The van der Waals surface area contributed by atoms with Crippen molar-refractivity contribution in [3.05, 3.63) is 65.4 Å². The van der Waals surface area contributed by atoms with Crippen LogP contribution in [0.2, 0.25) is 0 Å². The standard InChI is InChI=1S/C27H34N8O3/c1-6-7-21(19-9-8-16(2)30-15-19)32-27(38)35-23(25(37)34(5)26-29-10-11-33(26)4)20(24(35)36)13-18-12-17(3)31-22(28)14-18/h8-12,14-15,20-21,23H,6-7,13H2,1-5H3,(H2,28,31)(H,32,38)/t20-,21-,23+/m1/s1. The molecule has 4 heterocycles. The minimum atomic E-state index is -1.00. The van der Waals surface area contributed by atoms with E-state index in [0.29, 0.717) is 23.9 Å². The molecule has 1 aliphatic heterocycles. The summed E-state index contributed by atoms with van der Waals surface area (Å²) in [6.07, 6.45) is 6.75. The molecule has 1 saturated heterocycles. The summed E-state index contributed by atoms with van der Waals surface area (Å²) < 4.78 is 1.70. The summed E-state index contributed by atoms with van der Waals surface area (Å²) in [5.74, 6) is -0.806. The highest BCUT2D eigenvalue weighted by Gasteiger charge is 2.55. The fourth-order valence-electron chi connectivity index (χ4n) is 4.89. The van der Waals surface area contributed by atoms with Crippen molar-refractivity contribution in [1.29, 1.82) is 0 Å². The highest BCUT2D eigenvalue weighted by molar-refractivity contribution is 6.12. The van der Waals surface area contributed by atoms with Gasteiger partial charge in [0.25, 0.3) is 5.91 Å². The number of imide groups is 1. The lowest BCUT2D eigenvalue weighted by Crippen LogP contribution is -2.70. The van der Waals surface area contributed by atoms with E-state index in [1.54, 1.807) is 43.3 Å². The number of rotatable bonds is 8. The summed E-state index contributed by atoms with van der Waals surface area (Å²) >= 11 is 0. The number of hydrogen-bond acceptors (Lipinski definition) is 7. The Labute approximate surface area is 222 Å². The summed E-state index contributed by atoms with van der Waals surface area (Å²) in [6.45, 7) is 5.72. The number of nitrogen functional groups attached to an aromatic ring is 1. The Hall–Kier alpha value is -4.28. The van der Waals surface area contributed by atoms with Gasteiger partial charge in [0, 0.05) is 44.1 Å². The van der Waals surface area contributed by atoms with E-state index in [1.807, 2.05) is 39.0 Å². The summed E-state index contributed by atoms with van der Waals surface area (Å²) in [5.41, 5.74) is 9.11. The monoisotopic (exact) mass is 518 g/mol. The first-order valence-electron chi connectivity index (χ1n) is 12.6. The van der Waals surface area contributed by atoms with Gasteiger partial charge in [-0.1, -0.05) is 19.4 Å². The summed E-state index contributed by atoms with van der Waals surface area (Å²) in [4.78, 5) is 55.8. The lowest BCUT2D eigenvalue weighted by atomic mass is 9.81. The molecule has 0 bridgehead atoms. The van der Waals surface area contributed by atoms with E-state index in [9.17, 15) is 14.4 Å². The molecule has 0 unspecified atom stereocenters. The molecule has 0 aliphatic carbocycles. The number of urea groups is 1. The van der Waals surface area contributed by atoms with Crippen molar-refractivity contribution >= 4 is 29.6 Å². The van der Waals surface area contributed by atoms with Crippen molar-refractivity contribution in [2.24, 2.45) is 13.0 Å². The van der Waals surface area contributed by atoms with Gasteiger partial charge in [0.2, 0.25) is 11.9 Å². The smallest absolute Gasteiger partial charge is 0.325 e. The SMILES string of the molecule is CCC[C@@H](NC(=O)N1C(=O)[C@H](Cc2cc(C)nc(N)c2)[C@H]1C(=O)N(C)c1nccn1C)c1ccc(C)nc1. The zero-order chi connectivity index (χ0) is 27.6. The molecule has 1 fully saturated rings. The number of nitrogens with zero attached hydrogens (tertiary/aromatic N) is 6. The third-order valence-electron chi connectivity index (χ3n) is 6.81. The van der Waals surface area contributed by atoms with E-state index >= 15 is 0 Å². The number of nitrogens with two attached hydrogens (primary N) is 1. The first-order valence-corrected chi connectivity index (χ1v) is 12.6. The van der Waals surface area contributed by atoms with Crippen molar-refractivity contribution < 1.29 is 14.4 Å². The van der Waals surface area contributed by atoms with Crippen LogP contribution < -0.4 is 16.0 Å². The van der Waals surface area contributed by atoms with Crippen LogP contribution in [0, 0.1) is 19.8 Å². The first kappa shape index (κ1) is 26.8. The molecular formula is C27H34N8O3. The summed E-state index contributed by atoms with van der Waals surface area (Å²) in [7, 11) is 3.36. The third kappa shape index (κ3) is 5.36. The molecule has 11 heteroatoms. The zero-order valence-corrected chi connectivity index (χ0v) is 22.4. The molecule has 3 atom stereocenters. The average Bonchev–Trinajstić information content (AvgIpc) is 3.30. The number of anilines is 2. The van der Waals surface area contributed by atoms with Crippen molar-refractivity contribution in [1.82, 2.24) is 29.7 Å². The normalized spacial score (nSPS) is 17.6. The second-order valence-electron chi connectivity index (χ2n) is 9.76. The molecule has 0 spiro atoms. The van der Waals surface area contributed by atoms with Gasteiger partial charge in [-0.25, -0.2) is 14.8 Å². The van der Waals surface area contributed by atoms with Crippen LogP contribution in [-0.2, 0) is 23.1 Å². The number of aromatic nitrogens is 4. The fraction of sp³-hybridized carbons (Fsp3) is 0.407. The first-order chi connectivity index (χ1) is 18.1. The Kier molecular flexibility index (Phi) is 7.75. The summed E-state index contributed by atoms with van der Waals surface area (Å²) in [5, 5.41) is 2.96. The average molecular weight is 519 g/mol. The molecule has 3 aromatic rings. The lowest BCUT2D eigenvalue weighted by molar-refractivity contribution is -0.156. The van der Waals surface area contributed by atoms with Gasteiger partial charge >= 0.3 is 6.03 Å². The van der Waals surface area contributed by atoms with E-state index in [2.05, 4.69) is 20.3 Å². The maximum absolute atomic E-state index is 13.7. The number of amides is 4. The molecule has 0 saturated carbocycles. The van der Waals surface area contributed by atoms with Crippen molar-refractivity contribution in [2.45, 2.75) is 52.1 Å². The van der Waals surface area contributed by atoms with Gasteiger partial charge in [-0.15, -0.1) is 0 Å². The molecule has 38 heavy (non-hydrogen) atoms. The Morgan fingerprint density at radius 2 is 1.95 bits per heavy atom. The zero-order valence-electron chi connectivity index (χ0n) is 22.4. The second kappa shape index (κ2) is 11.0. The number of likely N-dealkylation sites (tertiary alicyclic amines) is 1. The number of imidazole rings is 1. The Bertz CT molecular complexity index is 1320. The van der Waals surface area contributed by atoms with E-state index < -0.39 is 29.8 Å². The molecule has 3 N–H and O–H groups in total. The van der Waals surface area contributed by atoms with Crippen LogP contribution in [0.3, 0.4) is 0 Å². The van der Waals surface area contributed by atoms with Crippen LogP contribution in [0.25, 0.3) is 0 Å².